The Hall–Kier alpha value is -1.45. The van der Waals surface area contributed by atoms with Crippen molar-refractivity contribution >= 4 is 8.80 Å². The zero-order valence-electron chi connectivity index (χ0n) is 23.4. The normalized spacial score (nSPS) is 13.4. The molecule has 0 fully saturated rings. The molecule has 2 nitrogen and oxygen atoms in total. The third-order valence-electron chi connectivity index (χ3n) is 6.81. The Bertz CT molecular complexity index is 782. The third kappa shape index (κ3) is 10.9. The van der Waals surface area contributed by atoms with Crippen LogP contribution in [0.4, 0.5) is 0 Å². The Balaban J connectivity index is 1.94. The van der Waals surface area contributed by atoms with E-state index in [0.29, 0.717) is 16.9 Å². The van der Waals surface area contributed by atoms with Gasteiger partial charge in [0.1, 0.15) is 0 Å². The minimum atomic E-state index is -0.534. The highest BCUT2D eigenvalue weighted by atomic mass is 28.3. The fourth-order valence-electron chi connectivity index (χ4n) is 4.84. The van der Waals surface area contributed by atoms with E-state index in [9.17, 15) is 0 Å². The van der Waals surface area contributed by atoms with Crippen molar-refractivity contribution in [3.8, 4) is 0 Å². The van der Waals surface area contributed by atoms with Crippen molar-refractivity contribution in [3.05, 3.63) is 65.5 Å². The lowest BCUT2D eigenvalue weighted by Crippen LogP contribution is -2.31. The van der Waals surface area contributed by atoms with Crippen molar-refractivity contribution in [3.63, 3.8) is 0 Å². The molecule has 0 N–H and O–H groups in total. The van der Waals surface area contributed by atoms with Gasteiger partial charge >= 0.3 is 0 Å². The van der Waals surface area contributed by atoms with Gasteiger partial charge in [0.25, 0.3) is 0 Å². The summed E-state index contributed by atoms with van der Waals surface area (Å²) >= 11 is 0. The van der Waals surface area contributed by atoms with Crippen molar-refractivity contribution in [2.24, 2.45) is 17.8 Å². The summed E-state index contributed by atoms with van der Waals surface area (Å²) in [5, 5.41) is 0.398. The van der Waals surface area contributed by atoms with Crippen LogP contribution in [0.2, 0.25) is 11.1 Å². The van der Waals surface area contributed by atoms with Gasteiger partial charge in [-0.25, -0.2) is 0 Å². The maximum Gasteiger partial charge on any atom is 0.0605 e. The number of benzene rings is 1. The van der Waals surface area contributed by atoms with E-state index in [1.807, 2.05) is 12.3 Å². The quantitative estimate of drug-likeness (QED) is 0.254. The predicted octanol–water partition coefficient (Wildman–Crippen LogP) is 8.23. The highest BCUT2D eigenvalue weighted by Gasteiger charge is 2.29. The number of pyridine rings is 1. The topological polar surface area (TPSA) is 16.1 Å². The summed E-state index contributed by atoms with van der Waals surface area (Å²) in [5.74, 6) is 2.23. The van der Waals surface area contributed by atoms with E-state index in [2.05, 4.69) is 102 Å². The lowest BCUT2D eigenvalue weighted by atomic mass is 9.98. The fraction of sp³-hybridized carbons (Fsp3) is 0.645. The van der Waals surface area contributed by atoms with Gasteiger partial charge in [0.2, 0.25) is 0 Å². The molecule has 1 aromatic carbocycles. The lowest BCUT2D eigenvalue weighted by molar-refractivity contribution is 0.211. The van der Waals surface area contributed by atoms with Gasteiger partial charge in [-0.1, -0.05) is 98.2 Å². The molecule has 1 heterocycles. The van der Waals surface area contributed by atoms with Crippen molar-refractivity contribution in [2.75, 3.05) is 13.1 Å². The second-order valence-corrected chi connectivity index (χ2v) is 15.6. The van der Waals surface area contributed by atoms with Gasteiger partial charge < -0.3 is 0 Å². The number of hydrogen-bond acceptors (Lipinski definition) is 2. The van der Waals surface area contributed by atoms with Crippen LogP contribution in [0.3, 0.4) is 0 Å². The van der Waals surface area contributed by atoms with E-state index in [0.717, 1.165) is 12.5 Å². The summed E-state index contributed by atoms with van der Waals surface area (Å²) in [7, 11) is -0.534. The zero-order valence-corrected chi connectivity index (χ0v) is 24.4. The minimum Gasteiger partial charge on any atom is -0.299 e. The highest BCUT2D eigenvalue weighted by Crippen LogP contribution is 2.35. The average Bonchev–Trinajstić information content (AvgIpc) is 2.76. The minimum absolute atomic E-state index is 0.398. The molecule has 0 saturated heterocycles. The first-order valence-electron chi connectivity index (χ1n) is 13.6. The number of rotatable bonds is 14. The van der Waals surface area contributed by atoms with Crippen LogP contribution in [0.15, 0.2) is 48.7 Å². The van der Waals surface area contributed by atoms with Gasteiger partial charge in [0, 0.05) is 31.5 Å². The molecular formula is C31H51N2Si. The van der Waals surface area contributed by atoms with Crippen LogP contribution < -0.4 is 0 Å². The van der Waals surface area contributed by atoms with Gasteiger partial charge in [-0.05, 0) is 64.9 Å². The van der Waals surface area contributed by atoms with Gasteiger partial charge in [-0.3, -0.25) is 9.88 Å². The summed E-state index contributed by atoms with van der Waals surface area (Å²) < 4.78 is 0. The summed E-state index contributed by atoms with van der Waals surface area (Å²) in [6.07, 6.45) is 5.73. The second kappa shape index (κ2) is 14.2. The van der Waals surface area contributed by atoms with E-state index >= 15 is 0 Å². The molecule has 1 unspecified atom stereocenters. The molecule has 0 aliphatic heterocycles. The SMILES string of the molecule is CCC(CCc1ccc(CN(CC(C)C)CC(C)C)cc1)C[Si](Cc1ccccn1)C(C)(C)C. The van der Waals surface area contributed by atoms with E-state index < -0.39 is 8.80 Å². The predicted molar refractivity (Wildman–Crippen MR) is 152 cm³/mol. The molecule has 0 aliphatic carbocycles. The molecule has 3 heteroatoms. The molecule has 34 heavy (non-hydrogen) atoms. The molecule has 2 aromatic rings. The molecule has 0 saturated carbocycles. The first-order chi connectivity index (χ1) is 16.1. The Morgan fingerprint density at radius 2 is 1.50 bits per heavy atom. The molecular weight excluding hydrogens is 428 g/mol. The largest absolute Gasteiger partial charge is 0.299 e. The zero-order chi connectivity index (χ0) is 25.1. The standard InChI is InChI=1S/C31H51N2Si/c1-9-27(23-34(31(6,7)8)24-30-12-10-11-19-32-30)13-14-28-15-17-29(18-16-28)22-33(20-25(2)3)21-26(4)5/h10-12,15-19,25-27H,9,13-14,20-24H2,1-8H3. The monoisotopic (exact) mass is 479 g/mol. The Morgan fingerprint density at radius 3 is 2.00 bits per heavy atom. The summed E-state index contributed by atoms with van der Waals surface area (Å²) in [6, 6.07) is 18.5. The fourth-order valence-corrected chi connectivity index (χ4v) is 7.96. The van der Waals surface area contributed by atoms with Gasteiger partial charge in [-0.2, -0.15) is 0 Å². The first kappa shape index (κ1) is 28.8. The number of nitrogens with zero attached hydrogens (tertiary/aromatic N) is 2. The molecule has 0 spiro atoms. The summed E-state index contributed by atoms with van der Waals surface area (Å²) in [6.45, 7) is 22.4. The van der Waals surface area contributed by atoms with Crippen LogP contribution in [-0.4, -0.2) is 31.8 Å². The van der Waals surface area contributed by atoms with Crippen molar-refractivity contribution < 1.29 is 0 Å². The molecule has 0 amide bonds. The summed E-state index contributed by atoms with van der Waals surface area (Å²) in [5.41, 5.74) is 4.22. The van der Waals surface area contributed by atoms with Crippen LogP contribution in [0.25, 0.3) is 0 Å². The van der Waals surface area contributed by atoms with Crippen molar-refractivity contribution in [1.29, 1.82) is 0 Å². The molecule has 0 bridgehead atoms. The van der Waals surface area contributed by atoms with E-state index in [1.54, 1.807) is 0 Å². The smallest absolute Gasteiger partial charge is 0.0605 e. The lowest BCUT2D eigenvalue weighted by Gasteiger charge is -2.32. The van der Waals surface area contributed by atoms with Gasteiger partial charge in [-0.15, -0.1) is 0 Å². The van der Waals surface area contributed by atoms with E-state index in [-0.39, 0.29) is 0 Å². The Labute approximate surface area is 213 Å². The van der Waals surface area contributed by atoms with Crippen molar-refractivity contribution in [1.82, 2.24) is 9.88 Å². The Morgan fingerprint density at radius 1 is 0.882 bits per heavy atom. The van der Waals surface area contributed by atoms with E-state index in [4.69, 9.17) is 0 Å². The molecule has 1 aromatic heterocycles. The number of aryl methyl sites for hydroxylation is 1. The van der Waals surface area contributed by atoms with Crippen LogP contribution in [0.1, 0.15) is 85.1 Å². The maximum absolute atomic E-state index is 4.64. The maximum atomic E-state index is 4.64. The molecule has 0 aliphatic rings. The third-order valence-corrected chi connectivity index (χ3v) is 10.8. The second-order valence-electron chi connectivity index (χ2n) is 12.2. The van der Waals surface area contributed by atoms with Gasteiger partial charge in [0.15, 0.2) is 0 Å². The van der Waals surface area contributed by atoms with Crippen LogP contribution in [-0.2, 0) is 19.0 Å². The highest BCUT2D eigenvalue weighted by molar-refractivity contribution is 6.61. The van der Waals surface area contributed by atoms with Crippen LogP contribution in [0.5, 0.6) is 0 Å². The molecule has 2 rings (SSSR count). The average molecular weight is 480 g/mol. The first-order valence-corrected chi connectivity index (χ1v) is 15.5. The Kier molecular flexibility index (Phi) is 12.0. The summed E-state index contributed by atoms with van der Waals surface area (Å²) in [4.78, 5) is 7.26. The number of hydrogen-bond donors (Lipinski definition) is 0. The molecule has 1 radical (unpaired) electrons. The number of aromatic nitrogens is 1. The van der Waals surface area contributed by atoms with Crippen LogP contribution in [0, 0.1) is 17.8 Å². The van der Waals surface area contributed by atoms with Gasteiger partial charge in [0.05, 0.1) is 8.80 Å². The van der Waals surface area contributed by atoms with Crippen molar-refractivity contribution in [2.45, 2.75) is 98.3 Å². The molecule has 189 valence electrons. The van der Waals surface area contributed by atoms with E-state index in [1.165, 1.54) is 61.3 Å². The van der Waals surface area contributed by atoms with Crippen LogP contribution >= 0.6 is 0 Å². The molecule has 1 atom stereocenters.